The molecule has 2 heterocycles. The van der Waals surface area contributed by atoms with Crippen LogP contribution in [0.25, 0.3) is 0 Å². The molecule has 4 aliphatic rings. The van der Waals surface area contributed by atoms with Crippen molar-refractivity contribution in [2.75, 3.05) is 26.4 Å². The van der Waals surface area contributed by atoms with E-state index in [-0.39, 0.29) is 23.4 Å². The molecule has 0 bridgehead atoms. The quantitative estimate of drug-likeness (QED) is 0.807. The van der Waals surface area contributed by atoms with Gasteiger partial charge in [0.25, 0.3) is 5.91 Å². The standard InChI is InChI=1S/C23H28N4O3/c1-15-3-2-6-22(10-15)11-17-5-4-16(12-24)9-19(17)23(22)20(28)27(21(25)26-23)13-18-14-29-7-8-30-18/h4-5,9,15,18H,2-3,6-8,10-11,13-14H2,1H3,(H2,25,26). The van der Waals surface area contributed by atoms with Crippen molar-refractivity contribution in [2.24, 2.45) is 22.1 Å². The summed E-state index contributed by atoms with van der Waals surface area (Å²) in [4.78, 5) is 20.6. The first kappa shape index (κ1) is 19.5. The van der Waals surface area contributed by atoms with Crippen LogP contribution in [-0.2, 0) is 26.2 Å². The summed E-state index contributed by atoms with van der Waals surface area (Å²) in [5.74, 6) is 0.702. The Hall–Kier alpha value is -2.43. The Bertz CT molecular complexity index is 948. The second-order valence-electron chi connectivity index (χ2n) is 9.31. The monoisotopic (exact) mass is 408 g/mol. The van der Waals surface area contributed by atoms with Crippen molar-refractivity contribution < 1.29 is 14.3 Å². The number of ether oxygens (including phenoxy) is 2. The van der Waals surface area contributed by atoms with E-state index in [0.717, 1.165) is 36.8 Å². The van der Waals surface area contributed by atoms with Crippen molar-refractivity contribution in [3.63, 3.8) is 0 Å². The van der Waals surface area contributed by atoms with Gasteiger partial charge in [-0.3, -0.25) is 9.69 Å². The summed E-state index contributed by atoms with van der Waals surface area (Å²) in [6.07, 6.45) is 4.71. The Morgan fingerprint density at radius 2 is 2.27 bits per heavy atom. The number of guanidine groups is 1. The van der Waals surface area contributed by atoms with Gasteiger partial charge in [0.15, 0.2) is 11.5 Å². The number of nitriles is 1. The third-order valence-electron chi connectivity index (χ3n) is 7.40. The lowest BCUT2D eigenvalue weighted by Crippen LogP contribution is -2.54. The van der Waals surface area contributed by atoms with E-state index in [0.29, 0.717) is 37.8 Å². The van der Waals surface area contributed by atoms with Crippen LogP contribution in [0.3, 0.4) is 0 Å². The van der Waals surface area contributed by atoms with Gasteiger partial charge in [0.1, 0.15) is 0 Å². The van der Waals surface area contributed by atoms with Crippen LogP contribution in [0.5, 0.6) is 0 Å². The maximum atomic E-state index is 14.1. The molecular weight excluding hydrogens is 380 g/mol. The third kappa shape index (κ3) is 2.70. The summed E-state index contributed by atoms with van der Waals surface area (Å²) in [6, 6.07) is 7.93. The molecule has 7 nitrogen and oxygen atoms in total. The predicted molar refractivity (Wildman–Crippen MR) is 110 cm³/mol. The van der Waals surface area contributed by atoms with Gasteiger partial charge in [-0.25, -0.2) is 4.99 Å². The highest BCUT2D eigenvalue weighted by molar-refractivity contribution is 6.08. The molecule has 158 valence electrons. The number of nitrogens with zero attached hydrogens (tertiary/aromatic N) is 3. The van der Waals surface area contributed by atoms with E-state index in [1.807, 2.05) is 18.2 Å². The van der Waals surface area contributed by atoms with Crippen LogP contribution >= 0.6 is 0 Å². The zero-order chi connectivity index (χ0) is 20.9. The number of rotatable bonds is 2. The number of hydrogen-bond acceptors (Lipinski definition) is 6. The molecule has 0 aromatic heterocycles. The Balaban J connectivity index is 1.60. The molecule has 7 heteroatoms. The van der Waals surface area contributed by atoms with Crippen molar-refractivity contribution in [3.8, 4) is 6.07 Å². The summed E-state index contributed by atoms with van der Waals surface area (Å²) in [5, 5.41) is 9.49. The van der Waals surface area contributed by atoms with Gasteiger partial charge in [-0.05, 0) is 48.4 Å². The van der Waals surface area contributed by atoms with Gasteiger partial charge in [0, 0.05) is 5.41 Å². The number of fused-ring (bicyclic) bond motifs is 3. The number of aliphatic imine (C=N–C) groups is 1. The Morgan fingerprint density at radius 3 is 3.00 bits per heavy atom. The largest absolute Gasteiger partial charge is 0.376 e. The second kappa shape index (κ2) is 7.07. The number of amides is 1. The van der Waals surface area contributed by atoms with E-state index >= 15 is 0 Å². The topological polar surface area (TPSA) is 101 Å². The van der Waals surface area contributed by atoms with Crippen LogP contribution in [0.1, 0.15) is 49.3 Å². The first-order valence-electron chi connectivity index (χ1n) is 10.9. The van der Waals surface area contributed by atoms with Crippen LogP contribution < -0.4 is 5.73 Å². The average molecular weight is 409 g/mol. The van der Waals surface area contributed by atoms with Gasteiger partial charge in [-0.1, -0.05) is 25.8 Å². The van der Waals surface area contributed by atoms with Gasteiger partial charge in [0.05, 0.1) is 44.1 Å². The summed E-state index contributed by atoms with van der Waals surface area (Å²) < 4.78 is 11.3. The molecule has 1 amide bonds. The number of carbonyl (C=O) groups is 1. The Kier molecular flexibility index (Phi) is 4.60. The molecule has 1 aromatic carbocycles. The predicted octanol–water partition coefficient (Wildman–Crippen LogP) is 2.08. The Morgan fingerprint density at radius 1 is 1.40 bits per heavy atom. The molecule has 1 saturated carbocycles. The van der Waals surface area contributed by atoms with Gasteiger partial charge in [0.2, 0.25) is 0 Å². The maximum Gasteiger partial charge on any atom is 0.262 e. The van der Waals surface area contributed by atoms with E-state index < -0.39 is 5.54 Å². The molecule has 2 aliphatic carbocycles. The molecule has 2 spiro atoms. The molecule has 2 fully saturated rings. The number of nitrogens with two attached hydrogens (primary N) is 1. The highest BCUT2D eigenvalue weighted by Crippen LogP contribution is 2.62. The maximum absolute atomic E-state index is 14.1. The van der Waals surface area contributed by atoms with Gasteiger partial charge < -0.3 is 15.2 Å². The molecule has 5 rings (SSSR count). The van der Waals surface area contributed by atoms with Gasteiger partial charge >= 0.3 is 0 Å². The fourth-order valence-corrected chi connectivity index (χ4v) is 6.19. The van der Waals surface area contributed by atoms with Crippen LogP contribution in [0.4, 0.5) is 0 Å². The summed E-state index contributed by atoms with van der Waals surface area (Å²) in [6.45, 7) is 4.14. The fraction of sp³-hybridized carbons (Fsp3) is 0.609. The average Bonchev–Trinajstić information content (AvgIpc) is 3.15. The molecule has 1 saturated heterocycles. The zero-order valence-electron chi connectivity index (χ0n) is 17.4. The van der Waals surface area contributed by atoms with Gasteiger partial charge in [-0.2, -0.15) is 5.26 Å². The van der Waals surface area contributed by atoms with E-state index in [4.69, 9.17) is 20.2 Å². The van der Waals surface area contributed by atoms with E-state index in [1.54, 1.807) is 4.90 Å². The van der Waals surface area contributed by atoms with Crippen molar-refractivity contribution >= 4 is 11.9 Å². The SMILES string of the molecule is CC1CCCC2(Cc3ccc(C#N)cc3C23N=C(N)N(CC2COCCO2)C3=O)C1. The van der Waals surface area contributed by atoms with Crippen molar-refractivity contribution in [3.05, 3.63) is 34.9 Å². The van der Waals surface area contributed by atoms with Crippen molar-refractivity contribution in [2.45, 2.75) is 50.7 Å². The highest BCUT2D eigenvalue weighted by Gasteiger charge is 2.66. The van der Waals surface area contributed by atoms with Crippen LogP contribution in [0, 0.1) is 22.7 Å². The zero-order valence-corrected chi connectivity index (χ0v) is 17.4. The first-order valence-corrected chi connectivity index (χ1v) is 10.9. The fourth-order valence-electron chi connectivity index (χ4n) is 6.19. The highest BCUT2D eigenvalue weighted by atomic mass is 16.6. The minimum Gasteiger partial charge on any atom is -0.376 e. The van der Waals surface area contributed by atoms with Crippen LogP contribution in [0.2, 0.25) is 0 Å². The van der Waals surface area contributed by atoms with Crippen LogP contribution in [-0.4, -0.2) is 49.2 Å². The number of benzene rings is 1. The Labute approximate surface area is 176 Å². The molecule has 4 atom stereocenters. The molecule has 2 aliphatic heterocycles. The first-order chi connectivity index (χ1) is 14.5. The smallest absolute Gasteiger partial charge is 0.262 e. The summed E-state index contributed by atoms with van der Waals surface area (Å²) in [7, 11) is 0. The minimum absolute atomic E-state index is 0.0721. The minimum atomic E-state index is -1.04. The second-order valence-corrected chi connectivity index (χ2v) is 9.31. The third-order valence-corrected chi connectivity index (χ3v) is 7.40. The number of carbonyl (C=O) groups excluding carboxylic acids is 1. The normalized spacial score (nSPS) is 35.5. The molecular formula is C23H28N4O3. The molecule has 1 aromatic rings. The molecule has 2 N–H and O–H groups in total. The summed E-state index contributed by atoms with van der Waals surface area (Å²) in [5.41, 5.74) is 7.60. The van der Waals surface area contributed by atoms with Crippen molar-refractivity contribution in [1.82, 2.24) is 4.90 Å². The van der Waals surface area contributed by atoms with Crippen LogP contribution in [0.15, 0.2) is 23.2 Å². The van der Waals surface area contributed by atoms with Crippen molar-refractivity contribution in [1.29, 1.82) is 5.26 Å². The number of hydrogen-bond donors (Lipinski definition) is 1. The molecule has 30 heavy (non-hydrogen) atoms. The lowest BCUT2D eigenvalue weighted by molar-refractivity contribution is -0.142. The van der Waals surface area contributed by atoms with E-state index in [2.05, 4.69) is 13.0 Å². The lowest BCUT2D eigenvalue weighted by Gasteiger charge is -2.45. The molecule has 0 radical (unpaired) electrons. The van der Waals surface area contributed by atoms with Gasteiger partial charge in [-0.15, -0.1) is 0 Å². The lowest BCUT2D eigenvalue weighted by atomic mass is 9.59. The van der Waals surface area contributed by atoms with E-state index in [9.17, 15) is 10.1 Å². The summed E-state index contributed by atoms with van der Waals surface area (Å²) >= 11 is 0. The van der Waals surface area contributed by atoms with E-state index in [1.165, 1.54) is 6.42 Å². The molecule has 4 unspecified atom stereocenters.